The van der Waals surface area contributed by atoms with E-state index in [9.17, 15) is 0 Å². The van der Waals surface area contributed by atoms with Crippen LogP contribution in [0, 0.1) is 6.92 Å². The van der Waals surface area contributed by atoms with Crippen LogP contribution >= 0.6 is 15.9 Å². The molecule has 0 fully saturated rings. The van der Waals surface area contributed by atoms with Gasteiger partial charge >= 0.3 is 0 Å². The molecule has 3 rings (SSSR count). The van der Waals surface area contributed by atoms with Gasteiger partial charge in [-0.2, -0.15) is 0 Å². The molecule has 0 aliphatic rings. The molecule has 3 aromatic rings. The smallest absolute Gasteiger partial charge is 0.232 e. The summed E-state index contributed by atoms with van der Waals surface area (Å²) in [5.41, 5.74) is 3.14. The number of hydrogen-bond donors (Lipinski definition) is 0. The van der Waals surface area contributed by atoms with Gasteiger partial charge in [0.25, 0.3) is 0 Å². The third-order valence-electron chi connectivity index (χ3n) is 2.77. The minimum absolute atomic E-state index is 0.506. The highest BCUT2D eigenvalue weighted by Gasteiger charge is 2.04. The molecule has 0 radical (unpaired) electrons. The van der Waals surface area contributed by atoms with Crippen molar-refractivity contribution in [2.75, 3.05) is 0 Å². The predicted molar refractivity (Wildman–Crippen MR) is 76.2 cm³/mol. The Morgan fingerprint density at radius 1 is 1.26 bits per heavy atom. The third kappa shape index (κ3) is 2.61. The Hall–Kier alpha value is -1.88. The summed E-state index contributed by atoms with van der Waals surface area (Å²) in [6, 6.07) is 11.9. The zero-order valence-corrected chi connectivity index (χ0v) is 12.0. The van der Waals surface area contributed by atoms with Gasteiger partial charge in [-0.15, -0.1) is 5.10 Å². The van der Waals surface area contributed by atoms with Crippen LogP contribution in [0.15, 0.2) is 47.2 Å². The van der Waals surface area contributed by atoms with Crippen molar-refractivity contribution < 1.29 is 4.74 Å². The Bertz CT molecular complexity index is 724. The van der Waals surface area contributed by atoms with E-state index in [1.807, 2.05) is 24.3 Å². The average molecular weight is 318 g/mol. The maximum Gasteiger partial charge on any atom is 0.232 e. The second-order valence-electron chi connectivity index (χ2n) is 4.30. The number of benzene rings is 1. The van der Waals surface area contributed by atoms with E-state index in [0.717, 1.165) is 15.8 Å². The highest BCUT2D eigenvalue weighted by atomic mass is 79.9. The molecule has 0 saturated carbocycles. The number of nitrogens with zero attached hydrogens (tertiary/aromatic N) is 3. The lowest BCUT2D eigenvalue weighted by molar-refractivity contribution is 0.289. The molecule has 0 aliphatic heterocycles. The molecule has 0 bridgehead atoms. The van der Waals surface area contributed by atoms with Gasteiger partial charge in [0, 0.05) is 6.07 Å². The Morgan fingerprint density at radius 2 is 2.16 bits per heavy atom. The Labute approximate surface area is 119 Å². The van der Waals surface area contributed by atoms with Crippen LogP contribution in [0.1, 0.15) is 11.1 Å². The number of fused-ring (bicyclic) bond motifs is 1. The molecule has 0 aliphatic carbocycles. The number of rotatable bonds is 3. The summed E-state index contributed by atoms with van der Waals surface area (Å²) in [5.74, 6) is 0.577. The third-order valence-corrected chi connectivity index (χ3v) is 3.31. The summed E-state index contributed by atoms with van der Waals surface area (Å²) in [6.45, 7) is 2.57. The summed E-state index contributed by atoms with van der Waals surface area (Å²) in [5, 5.41) is 4.36. The lowest BCUT2D eigenvalue weighted by atomic mass is 10.1. The van der Waals surface area contributed by atoms with E-state index in [-0.39, 0.29) is 0 Å². The molecule has 2 aromatic heterocycles. The highest BCUT2D eigenvalue weighted by molar-refractivity contribution is 9.10. The summed E-state index contributed by atoms with van der Waals surface area (Å²) in [4.78, 5) is 4.19. The maximum absolute atomic E-state index is 5.70. The number of hydrogen-bond acceptors (Lipinski definition) is 3. The Balaban J connectivity index is 1.79. The van der Waals surface area contributed by atoms with Gasteiger partial charge < -0.3 is 4.74 Å². The quantitative estimate of drug-likeness (QED) is 0.743. The van der Waals surface area contributed by atoms with E-state index >= 15 is 0 Å². The Morgan fingerprint density at radius 3 is 3.00 bits per heavy atom. The molecule has 1 aromatic carbocycles. The van der Waals surface area contributed by atoms with E-state index in [4.69, 9.17) is 4.74 Å². The van der Waals surface area contributed by atoms with Crippen LogP contribution in [-0.2, 0) is 6.61 Å². The summed E-state index contributed by atoms with van der Waals surface area (Å²) < 4.78 is 8.21. The van der Waals surface area contributed by atoms with Crippen molar-refractivity contribution in [2.24, 2.45) is 0 Å². The fraction of sp³-hybridized carbons (Fsp3) is 0.143. The average Bonchev–Trinajstić information content (AvgIpc) is 2.78. The molecule has 2 heterocycles. The van der Waals surface area contributed by atoms with Crippen molar-refractivity contribution in [3.8, 4) is 5.88 Å². The standard InChI is InChI=1S/C14H12BrN3O/c1-10-3-2-4-11(7-10)9-19-14-6-5-13-16-8-12(15)18(13)17-14/h2-8H,9H2,1H3. The number of aromatic nitrogens is 3. The van der Waals surface area contributed by atoms with Gasteiger partial charge in [0.1, 0.15) is 11.2 Å². The van der Waals surface area contributed by atoms with Crippen LogP contribution < -0.4 is 4.74 Å². The summed E-state index contributed by atoms with van der Waals surface area (Å²) in [7, 11) is 0. The molecule has 5 heteroatoms. The van der Waals surface area contributed by atoms with Crippen molar-refractivity contribution in [2.45, 2.75) is 13.5 Å². The SMILES string of the molecule is Cc1cccc(COc2ccc3ncc(Br)n3n2)c1. The molecule has 0 atom stereocenters. The van der Waals surface area contributed by atoms with Crippen molar-refractivity contribution >= 4 is 21.6 Å². The lowest BCUT2D eigenvalue weighted by Gasteiger charge is -2.06. The number of aryl methyl sites for hydroxylation is 1. The largest absolute Gasteiger partial charge is 0.472 e. The summed E-state index contributed by atoms with van der Waals surface area (Å²) >= 11 is 3.39. The molecular weight excluding hydrogens is 306 g/mol. The molecule has 0 spiro atoms. The van der Waals surface area contributed by atoms with Crippen molar-refractivity contribution in [1.29, 1.82) is 0 Å². The second kappa shape index (κ2) is 5.01. The molecule has 0 unspecified atom stereocenters. The van der Waals surface area contributed by atoms with E-state index < -0.39 is 0 Å². The zero-order chi connectivity index (χ0) is 13.2. The Kier molecular flexibility index (Phi) is 3.21. The van der Waals surface area contributed by atoms with Crippen molar-refractivity contribution in [1.82, 2.24) is 14.6 Å². The van der Waals surface area contributed by atoms with Crippen LogP contribution in [0.4, 0.5) is 0 Å². The molecule has 19 heavy (non-hydrogen) atoms. The van der Waals surface area contributed by atoms with Gasteiger partial charge in [0.2, 0.25) is 5.88 Å². The number of ether oxygens (including phenoxy) is 1. The van der Waals surface area contributed by atoms with E-state index in [1.54, 1.807) is 10.7 Å². The molecule has 0 N–H and O–H groups in total. The number of halogens is 1. The molecule has 4 nitrogen and oxygen atoms in total. The van der Waals surface area contributed by atoms with Crippen LogP contribution in [-0.4, -0.2) is 14.6 Å². The lowest BCUT2D eigenvalue weighted by Crippen LogP contribution is -2.00. The number of imidazole rings is 1. The van der Waals surface area contributed by atoms with Gasteiger partial charge in [-0.1, -0.05) is 29.8 Å². The van der Waals surface area contributed by atoms with Crippen LogP contribution in [0.5, 0.6) is 5.88 Å². The molecule has 0 amide bonds. The van der Waals surface area contributed by atoms with Crippen LogP contribution in [0.2, 0.25) is 0 Å². The minimum atomic E-state index is 0.506. The normalized spacial score (nSPS) is 10.8. The first-order valence-electron chi connectivity index (χ1n) is 5.91. The first-order valence-corrected chi connectivity index (χ1v) is 6.70. The molecule has 0 saturated heterocycles. The van der Waals surface area contributed by atoms with Gasteiger partial charge in [-0.3, -0.25) is 0 Å². The van der Waals surface area contributed by atoms with E-state index in [0.29, 0.717) is 12.5 Å². The zero-order valence-electron chi connectivity index (χ0n) is 10.4. The monoisotopic (exact) mass is 317 g/mol. The van der Waals surface area contributed by atoms with Crippen molar-refractivity contribution in [3.05, 3.63) is 58.3 Å². The van der Waals surface area contributed by atoms with Gasteiger partial charge in [-0.05, 0) is 34.5 Å². The van der Waals surface area contributed by atoms with E-state index in [1.165, 1.54) is 5.56 Å². The fourth-order valence-corrected chi connectivity index (χ4v) is 2.23. The second-order valence-corrected chi connectivity index (χ2v) is 5.11. The topological polar surface area (TPSA) is 39.4 Å². The molecular formula is C14H12BrN3O. The van der Waals surface area contributed by atoms with Crippen molar-refractivity contribution in [3.63, 3.8) is 0 Å². The minimum Gasteiger partial charge on any atom is -0.472 e. The fourth-order valence-electron chi connectivity index (χ4n) is 1.86. The first-order chi connectivity index (χ1) is 9.22. The van der Waals surface area contributed by atoms with Gasteiger partial charge in [-0.25, -0.2) is 9.50 Å². The van der Waals surface area contributed by atoms with Gasteiger partial charge in [0.05, 0.1) is 6.20 Å². The van der Waals surface area contributed by atoms with Crippen LogP contribution in [0.25, 0.3) is 5.65 Å². The highest BCUT2D eigenvalue weighted by Crippen LogP contribution is 2.15. The van der Waals surface area contributed by atoms with Crippen LogP contribution in [0.3, 0.4) is 0 Å². The predicted octanol–water partition coefficient (Wildman–Crippen LogP) is 3.38. The van der Waals surface area contributed by atoms with E-state index in [2.05, 4.69) is 45.1 Å². The molecule has 96 valence electrons. The van der Waals surface area contributed by atoms with Gasteiger partial charge in [0.15, 0.2) is 5.65 Å². The maximum atomic E-state index is 5.70. The summed E-state index contributed by atoms with van der Waals surface area (Å²) in [6.07, 6.45) is 1.71. The first kappa shape index (κ1) is 12.2.